The number of nitro benzene ring substituents is 1. The van der Waals surface area contributed by atoms with Crippen molar-refractivity contribution in [1.29, 1.82) is 0 Å². The maximum absolute atomic E-state index is 12.7. The van der Waals surface area contributed by atoms with E-state index in [1.807, 2.05) is 0 Å². The predicted molar refractivity (Wildman–Crippen MR) is 89.4 cm³/mol. The van der Waals surface area contributed by atoms with Gasteiger partial charge in [-0.25, -0.2) is 8.42 Å². The largest absolute Gasteiger partial charge is 0.480 e. The summed E-state index contributed by atoms with van der Waals surface area (Å²) in [5, 5.41) is 19.9. The van der Waals surface area contributed by atoms with Crippen LogP contribution in [0.25, 0.3) is 0 Å². The van der Waals surface area contributed by atoms with E-state index in [1.165, 1.54) is 42.5 Å². The molecule has 0 saturated heterocycles. The smallest absolute Gasteiger partial charge is 0.324 e. The lowest BCUT2D eigenvalue weighted by molar-refractivity contribution is -0.384. The van der Waals surface area contributed by atoms with E-state index in [4.69, 9.17) is 5.11 Å². The van der Waals surface area contributed by atoms with Gasteiger partial charge in [0.1, 0.15) is 6.54 Å². The van der Waals surface area contributed by atoms with Crippen molar-refractivity contribution in [2.24, 2.45) is 0 Å². The van der Waals surface area contributed by atoms with E-state index in [9.17, 15) is 23.3 Å². The first-order valence-electron chi connectivity index (χ1n) is 6.46. The molecule has 0 atom stereocenters. The zero-order chi connectivity index (χ0) is 17.9. The molecule has 0 unspecified atom stereocenters. The molecular weight excluding hydrogens is 404 g/mol. The van der Waals surface area contributed by atoms with E-state index in [-0.39, 0.29) is 16.3 Å². The Hall–Kier alpha value is -2.46. The Morgan fingerprint density at radius 1 is 1.21 bits per heavy atom. The zero-order valence-electron chi connectivity index (χ0n) is 12.0. The Bertz CT molecular complexity index is 882. The highest BCUT2D eigenvalue weighted by atomic mass is 79.9. The summed E-state index contributed by atoms with van der Waals surface area (Å²) in [6.07, 6.45) is 0. The number of benzene rings is 2. The maximum atomic E-state index is 12.7. The molecule has 0 aliphatic heterocycles. The maximum Gasteiger partial charge on any atom is 0.324 e. The lowest BCUT2D eigenvalue weighted by atomic mass is 10.3. The first-order chi connectivity index (χ1) is 11.2. The van der Waals surface area contributed by atoms with Gasteiger partial charge in [-0.2, -0.15) is 0 Å². The average Bonchev–Trinajstić information content (AvgIpc) is 2.53. The monoisotopic (exact) mass is 414 g/mol. The standard InChI is InChI=1S/C14H11BrN2O6S/c15-10-4-6-13(7-5-10)24(22,23)16(9-14(18)19)11-2-1-3-12(8-11)17(20)21/h1-8H,9H2,(H,18,19). The highest BCUT2D eigenvalue weighted by Crippen LogP contribution is 2.27. The molecule has 8 nitrogen and oxygen atoms in total. The van der Waals surface area contributed by atoms with Gasteiger partial charge < -0.3 is 5.11 Å². The number of non-ortho nitro benzene ring substituents is 1. The number of sulfonamides is 1. The Kier molecular flexibility index (Phi) is 5.20. The quantitative estimate of drug-likeness (QED) is 0.573. The molecule has 2 aromatic carbocycles. The van der Waals surface area contributed by atoms with E-state index in [2.05, 4.69) is 15.9 Å². The number of carboxylic acids is 1. The molecule has 0 heterocycles. The summed E-state index contributed by atoms with van der Waals surface area (Å²) in [5.41, 5.74) is -0.441. The fourth-order valence-corrected chi connectivity index (χ4v) is 3.60. The van der Waals surface area contributed by atoms with Crippen molar-refractivity contribution in [2.45, 2.75) is 4.90 Å². The molecule has 0 radical (unpaired) electrons. The van der Waals surface area contributed by atoms with E-state index >= 15 is 0 Å². The van der Waals surface area contributed by atoms with Crippen LogP contribution in [0.5, 0.6) is 0 Å². The Labute approximate surface area is 145 Å². The van der Waals surface area contributed by atoms with Gasteiger partial charge in [0, 0.05) is 16.6 Å². The molecule has 0 aliphatic carbocycles. The second-order valence-corrected chi connectivity index (χ2v) is 7.41. The molecule has 0 aliphatic rings. The van der Waals surface area contributed by atoms with Gasteiger partial charge in [0.15, 0.2) is 0 Å². The molecule has 2 rings (SSSR count). The van der Waals surface area contributed by atoms with Crippen LogP contribution in [0.2, 0.25) is 0 Å². The van der Waals surface area contributed by atoms with Crippen LogP contribution in [0.3, 0.4) is 0 Å². The third-order valence-electron chi connectivity index (χ3n) is 3.01. The summed E-state index contributed by atoms with van der Waals surface area (Å²) in [6.45, 7) is -0.862. The number of hydrogen-bond donors (Lipinski definition) is 1. The van der Waals surface area contributed by atoms with Crippen molar-refractivity contribution in [3.63, 3.8) is 0 Å². The van der Waals surface area contributed by atoms with E-state index in [0.29, 0.717) is 8.78 Å². The second-order valence-electron chi connectivity index (χ2n) is 4.64. The third-order valence-corrected chi connectivity index (χ3v) is 5.33. The molecule has 0 bridgehead atoms. The van der Waals surface area contributed by atoms with E-state index in [0.717, 1.165) is 6.07 Å². The molecule has 0 saturated carbocycles. The van der Waals surface area contributed by atoms with Gasteiger partial charge in [0.25, 0.3) is 15.7 Å². The number of anilines is 1. The van der Waals surface area contributed by atoms with Gasteiger partial charge in [0.05, 0.1) is 15.5 Å². The van der Waals surface area contributed by atoms with E-state index < -0.39 is 27.5 Å². The van der Waals surface area contributed by atoms with Gasteiger partial charge in [0.2, 0.25) is 0 Å². The fraction of sp³-hybridized carbons (Fsp3) is 0.0714. The minimum absolute atomic E-state index is 0.102. The molecule has 126 valence electrons. The molecule has 2 aromatic rings. The molecule has 0 fully saturated rings. The topological polar surface area (TPSA) is 118 Å². The number of aliphatic carboxylic acids is 1. The van der Waals surface area contributed by atoms with Gasteiger partial charge in [-0.15, -0.1) is 0 Å². The zero-order valence-corrected chi connectivity index (χ0v) is 14.4. The third kappa shape index (κ3) is 3.89. The van der Waals surface area contributed by atoms with E-state index in [1.54, 1.807) is 0 Å². The molecule has 0 aromatic heterocycles. The van der Waals surface area contributed by atoms with Crippen molar-refractivity contribution in [3.8, 4) is 0 Å². The summed E-state index contributed by atoms with van der Waals surface area (Å²) in [6, 6.07) is 10.4. The van der Waals surface area contributed by atoms with Crippen molar-refractivity contribution in [3.05, 3.63) is 63.1 Å². The first kappa shape index (κ1) is 17.9. The summed E-state index contributed by atoms with van der Waals surface area (Å²) < 4.78 is 26.7. The van der Waals surface area contributed by atoms with Gasteiger partial charge >= 0.3 is 5.97 Å². The van der Waals surface area contributed by atoms with Crippen LogP contribution in [-0.4, -0.2) is 31.0 Å². The van der Waals surface area contributed by atoms with Crippen molar-refractivity contribution >= 4 is 43.3 Å². The number of nitro groups is 1. The lowest BCUT2D eigenvalue weighted by Gasteiger charge is -2.22. The lowest BCUT2D eigenvalue weighted by Crippen LogP contribution is -2.35. The molecule has 24 heavy (non-hydrogen) atoms. The molecule has 0 spiro atoms. The van der Waals surface area contributed by atoms with Crippen LogP contribution < -0.4 is 4.31 Å². The number of halogens is 1. The van der Waals surface area contributed by atoms with Crippen LogP contribution in [-0.2, 0) is 14.8 Å². The van der Waals surface area contributed by atoms with Crippen LogP contribution in [0, 0.1) is 10.1 Å². The van der Waals surface area contributed by atoms with Crippen molar-refractivity contribution in [1.82, 2.24) is 0 Å². The minimum Gasteiger partial charge on any atom is -0.480 e. The number of carbonyl (C=O) groups is 1. The summed E-state index contributed by atoms with van der Waals surface area (Å²) in [7, 11) is -4.20. The average molecular weight is 415 g/mol. The number of carboxylic acid groups (broad SMARTS) is 1. The van der Waals surface area contributed by atoms with Crippen LogP contribution in [0.1, 0.15) is 0 Å². The van der Waals surface area contributed by atoms with Crippen LogP contribution in [0.4, 0.5) is 11.4 Å². The summed E-state index contributed by atoms with van der Waals surface area (Å²) in [5.74, 6) is -1.39. The van der Waals surface area contributed by atoms with Gasteiger partial charge in [-0.05, 0) is 30.3 Å². The summed E-state index contributed by atoms with van der Waals surface area (Å²) >= 11 is 3.18. The van der Waals surface area contributed by atoms with Crippen LogP contribution in [0.15, 0.2) is 57.9 Å². The predicted octanol–water partition coefficient (Wildman–Crippen LogP) is 2.64. The second kappa shape index (κ2) is 6.97. The Morgan fingerprint density at radius 3 is 2.38 bits per heavy atom. The summed E-state index contributed by atoms with van der Waals surface area (Å²) in [4.78, 5) is 21.1. The van der Waals surface area contributed by atoms with Crippen molar-refractivity contribution < 1.29 is 23.2 Å². The Morgan fingerprint density at radius 2 is 1.83 bits per heavy atom. The highest BCUT2D eigenvalue weighted by Gasteiger charge is 2.28. The van der Waals surface area contributed by atoms with Gasteiger partial charge in [-0.3, -0.25) is 19.2 Å². The minimum atomic E-state index is -4.20. The number of hydrogen-bond acceptors (Lipinski definition) is 5. The van der Waals surface area contributed by atoms with Crippen molar-refractivity contribution in [2.75, 3.05) is 10.8 Å². The molecule has 1 N–H and O–H groups in total. The first-order valence-corrected chi connectivity index (χ1v) is 8.69. The normalized spacial score (nSPS) is 11.0. The number of rotatable bonds is 6. The van der Waals surface area contributed by atoms with Crippen LogP contribution >= 0.6 is 15.9 Å². The highest BCUT2D eigenvalue weighted by molar-refractivity contribution is 9.10. The molecule has 0 amide bonds. The molecular formula is C14H11BrN2O6S. The SMILES string of the molecule is O=C(O)CN(c1cccc([N+](=O)[O-])c1)S(=O)(=O)c1ccc(Br)cc1. The Balaban J connectivity index is 2.56. The number of nitrogens with zero attached hydrogens (tertiary/aromatic N) is 2. The van der Waals surface area contributed by atoms with Gasteiger partial charge in [-0.1, -0.05) is 22.0 Å². The molecule has 10 heteroatoms. The fourth-order valence-electron chi connectivity index (χ4n) is 1.93.